The highest BCUT2D eigenvalue weighted by Gasteiger charge is 2.11. The van der Waals surface area contributed by atoms with Gasteiger partial charge < -0.3 is 20.6 Å². The fourth-order valence-electron chi connectivity index (χ4n) is 1.83. The molecule has 0 heterocycles. The first-order valence-electron chi connectivity index (χ1n) is 6.43. The highest BCUT2D eigenvalue weighted by Crippen LogP contribution is 2.37. The SMILES string of the molecule is C=CCSc1ccccc1NCc1ccc(O)c(O)c1O. The van der Waals surface area contributed by atoms with Gasteiger partial charge in [-0.3, -0.25) is 0 Å². The van der Waals surface area contributed by atoms with Crippen molar-refractivity contribution < 1.29 is 15.3 Å². The minimum absolute atomic E-state index is 0.307. The summed E-state index contributed by atoms with van der Waals surface area (Å²) in [6.07, 6.45) is 1.84. The second-order valence-electron chi connectivity index (χ2n) is 4.39. The van der Waals surface area contributed by atoms with Gasteiger partial charge in [0.2, 0.25) is 5.75 Å². The summed E-state index contributed by atoms with van der Waals surface area (Å²) in [4.78, 5) is 1.08. The third kappa shape index (κ3) is 3.64. The zero-order chi connectivity index (χ0) is 15.2. The van der Waals surface area contributed by atoms with Crippen LogP contribution >= 0.6 is 11.8 Å². The van der Waals surface area contributed by atoms with Crippen LogP contribution in [0.25, 0.3) is 0 Å². The van der Waals surface area contributed by atoms with Crippen LogP contribution in [0.15, 0.2) is 53.9 Å². The molecule has 0 aliphatic heterocycles. The van der Waals surface area contributed by atoms with Gasteiger partial charge >= 0.3 is 0 Å². The van der Waals surface area contributed by atoms with Crippen LogP contribution in [-0.2, 0) is 6.54 Å². The molecule has 0 saturated carbocycles. The number of hydrogen-bond donors (Lipinski definition) is 4. The van der Waals surface area contributed by atoms with E-state index in [9.17, 15) is 15.3 Å². The molecule has 0 spiro atoms. The third-order valence-electron chi connectivity index (χ3n) is 2.93. The fraction of sp³-hybridized carbons (Fsp3) is 0.125. The van der Waals surface area contributed by atoms with E-state index in [0.717, 1.165) is 16.3 Å². The van der Waals surface area contributed by atoms with Gasteiger partial charge in [-0.1, -0.05) is 18.2 Å². The molecule has 21 heavy (non-hydrogen) atoms. The van der Waals surface area contributed by atoms with E-state index < -0.39 is 5.75 Å². The minimum atomic E-state index is -0.497. The Morgan fingerprint density at radius 1 is 1.05 bits per heavy atom. The van der Waals surface area contributed by atoms with Crippen molar-refractivity contribution in [3.05, 3.63) is 54.6 Å². The lowest BCUT2D eigenvalue weighted by Crippen LogP contribution is -2.01. The maximum atomic E-state index is 9.80. The van der Waals surface area contributed by atoms with Crippen molar-refractivity contribution in [3.8, 4) is 17.2 Å². The van der Waals surface area contributed by atoms with Gasteiger partial charge in [0.15, 0.2) is 11.5 Å². The lowest BCUT2D eigenvalue weighted by atomic mass is 10.1. The Bertz CT molecular complexity index is 643. The summed E-state index contributed by atoms with van der Waals surface area (Å²) in [5, 5.41) is 31.8. The fourth-order valence-corrected chi connectivity index (χ4v) is 2.60. The maximum Gasteiger partial charge on any atom is 0.200 e. The van der Waals surface area contributed by atoms with Crippen LogP contribution < -0.4 is 5.32 Å². The molecule has 2 rings (SSSR count). The number of rotatable bonds is 6. The van der Waals surface area contributed by atoms with Gasteiger partial charge in [-0.15, -0.1) is 18.3 Å². The number of thioether (sulfide) groups is 1. The Balaban J connectivity index is 2.13. The molecule has 0 unspecified atom stereocenters. The standard InChI is InChI=1S/C16H17NO3S/c1-2-9-21-14-6-4-3-5-12(14)17-10-11-7-8-13(18)16(20)15(11)19/h2-8,17-20H,1,9-10H2. The molecule has 4 nitrogen and oxygen atoms in total. The van der Waals surface area contributed by atoms with Crippen molar-refractivity contribution in [3.63, 3.8) is 0 Å². The van der Waals surface area contributed by atoms with E-state index in [-0.39, 0.29) is 11.5 Å². The summed E-state index contributed by atoms with van der Waals surface area (Å²) >= 11 is 1.66. The second-order valence-corrected chi connectivity index (χ2v) is 5.45. The summed E-state index contributed by atoms with van der Waals surface area (Å²) in [5.74, 6) is -0.329. The molecule has 4 N–H and O–H groups in total. The van der Waals surface area contributed by atoms with Gasteiger partial charge in [0.05, 0.1) is 0 Å². The predicted molar refractivity (Wildman–Crippen MR) is 86.1 cm³/mol. The Morgan fingerprint density at radius 2 is 1.81 bits per heavy atom. The molecule has 5 heteroatoms. The third-order valence-corrected chi connectivity index (χ3v) is 4.00. The number of hydrogen-bond acceptors (Lipinski definition) is 5. The van der Waals surface area contributed by atoms with Crippen molar-refractivity contribution in [2.45, 2.75) is 11.4 Å². The number of phenols is 3. The Kier molecular flexibility index (Phi) is 5.00. The molecule has 0 saturated heterocycles. The molecule has 2 aromatic carbocycles. The lowest BCUT2D eigenvalue weighted by molar-refractivity contribution is 0.365. The summed E-state index contributed by atoms with van der Waals surface area (Å²) in [6.45, 7) is 4.04. The first kappa shape index (κ1) is 15.1. The van der Waals surface area contributed by atoms with Gasteiger partial charge in [-0.05, 0) is 24.3 Å². The van der Waals surface area contributed by atoms with E-state index in [1.54, 1.807) is 17.8 Å². The minimum Gasteiger partial charge on any atom is -0.504 e. The molecule has 2 aromatic rings. The topological polar surface area (TPSA) is 72.7 Å². The number of para-hydroxylation sites is 1. The van der Waals surface area contributed by atoms with E-state index in [2.05, 4.69) is 11.9 Å². The van der Waals surface area contributed by atoms with Gasteiger partial charge in [0.25, 0.3) is 0 Å². The maximum absolute atomic E-state index is 9.80. The highest BCUT2D eigenvalue weighted by atomic mass is 32.2. The van der Waals surface area contributed by atoms with E-state index in [1.165, 1.54) is 6.07 Å². The number of phenolic OH excluding ortho intramolecular Hbond substituents is 3. The van der Waals surface area contributed by atoms with Gasteiger partial charge in [-0.25, -0.2) is 0 Å². The van der Waals surface area contributed by atoms with Crippen LogP contribution in [0.5, 0.6) is 17.2 Å². The Hall–Kier alpha value is -2.27. The zero-order valence-electron chi connectivity index (χ0n) is 11.4. The molecule has 0 aliphatic carbocycles. The largest absolute Gasteiger partial charge is 0.504 e. The summed E-state index contributed by atoms with van der Waals surface area (Å²) in [6, 6.07) is 10.8. The predicted octanol–water partition coefficient (Wildman–Crippen LogP) is 3.69. The summed E-state index contributed by atoms with van der Waals surface area (Å²) in [5.41, 5.74) is 1.45. The average Bonchev–Trinajstić information content (AvgIpc) is 2.51. The average molecular weight is 303 g/mol. The van der Waals surface area contributed by atoms with E-state index >= 15 is 0 Å². The molecular weight excluding hydrogens is 286 g/mol. The van der Waals surface area contributed by atoms with Gasteiger partial charge in [-0.2, -0.15) is 0 Å². The molecule has 0 radical (unpaired) electrons. The molecule has 0 fully saturated rings. The molecular formula is C16H17NO3S. The van der Waals surface area contributed by atoms with E-state index in [0.29, 0.717) is 12.1 Å². The monoisotopic (exact) mass is 303 g/mol. The molecule has 0 amide bonds. The molecule has 110 valence electrons. The summed E-state index contributed by atoms with van der Waals surface area (Å²) < 4.78 is 0. The van der Waals surface area contributed by atoms with Crippen molar-refractivity contribution in [2.75, 3.05) is 11.1 Å². The van der Waals surface area contributed by atoms with Crippen LogP contribution in [0.1, 0.15) is 5.56 Å². The number of benzene rings is 2. The van der Waals surface area contributed by atoms with Crippen molar-refractivity contribution in [2.24, 2.45) is 0 Å². The number of aromatic hydroxyl groups is 3. The van der Waals surface area contributed by atoms with Crippen LogP contribution in [0.3, 0.4) is 0 Å². The molecule has 0 aliphatic rings. The lowest BCUT2D eigenvalue weighted by Gasteiger charge is -2.13. The highest BCUT2D eigenvalue weighted by molar-refractivity contribution is 7.99. The van der Waals surface area contributed by atoms with E-state index in [4.69, 9.17) is 0 Å². The van der Waals surface area contributed by atoms with Crippen molar-refractivity contribution >= 4 is 17.4 Å². The molecule has 0 bridgehead atoms. The van der Waals surface area contributed by atoms with Crippen molar-refractivity contribution in [1.82, 2.24) is 0 Å². The normalized spacial score (nSPS) is 10.3. The van der Waals surface area contributed by atoms with Crippen LogP contribution in [0.4, 0.5) is 5.69 Å². The second kappa shape index (κ2) is 6.95. The number of anilines is 1. The Labute approximate surface area is 127 Å². The molecule has 0 aromatic heterocycles. The van der Waals surface area contributed by atoms with E-state index in [1.807, 2.05) is 30.3 Å². The molecule has 0 atom stereocenters. The first-order chi connectivity index (χ1) is 10.1. The first-order valence-corrected chi connectivity index (χ1v) is 7.41. The van der Waals surface area contributed by atoms with Gasteiger partial charge in [0, 0.05) is 28.4 Å². The Morgan fingerprint density at radius 3 is 2.57 bits per heavy atom. The van der Waals surface area contributed by atoms with Crippen LogP contribution in [0.2, 0.25) is 0 Å². The van der Waals surface area contributed by atoms with Crippen LogP contribution in [0, 0.1) is 0 Å². The number of nitrogens with one attached hydrogen (secondary N) is 1. The summed E-state index contributed by atoms with van der Waals surface area (Å²) in [7, 11) is 0. The quantitative estimate of drug-likeness (QED) is 0.372. The van der Waals surface area contributed by atoms with Crippen molar-refractivity contribution in [1.29, 1.82) is 0 Å². The zero-order valence-corrected chi connectivity index (χ0v) is 12.2. The van der Waals surface area contributed by atoms with Gasteiger partial charge in [0.1, 0.15) is 0 Å². The van der Waals surface area contributed by atoms with Crippen LogP contribution in [-0.4, -0.2) is 21.1 Å². The smallest absolute Gasteiger partial charge is 0.200 e.